The molecule has 0 aliphatic heterocycles. The maximum absolute atomic E-state index is 11.3. The monoisotopic (exact) mass is 190 g/mol. The molecule has 14 heavy (non-hydrogen) atoms. The fourth-order valence-corrected chi connectivity index (χ4v) is 0.977. The van der Waals surface area contributed by atoms with E-state index < -0.39 is 11.5 Å². The molecular weight excluding hydrogens is 180 g/mol. The molecule has 1 amide bonds. The van der Waals surface area contributed by atoms with E-state index in [0.717, 1.165) is 0 Å². The number of amides is 1. The van der Waals surface area contributed by atoms with Crippen LogP contribution in [0.3, 0.4) is 0 Å². The average molecular weight is 190 g/mol. The number of hydrogen-bond donors (Lipinski definition) is 2. The van der Waals surface area contributed by atoms with Gasteiger partial charge < -0.3 is 10.3 Å². The molecule has 0 spiro atoms. The van der Waals surface area contributed by atoms with Crippen molar-refractivity contribution in [3.8, 4) is 12.3 Å². The number of terminal acetylenes is 1. The van der Waals surface area contributed by atoms with E-state index >= 15 is 0 Å². The van der Waals surface area contributed by atoms with Crippen molar-refractivity contribution in [3.63, 3.8) is 0 Å². The lowest BCUT2D eigenvalue weighted by Gasteiger charge is -2.00. The zero-order valence-corrected chi connectivity index (χ0v) is 7.76. The van der Waals surface area contributed by atoms with Gasteiger partial charge >= 0.3 is 0 Å². The van der Waals surface area contributed by atoms with Crippen molar-refractivity contribution in [2.45, 2.75) is 6.92 Å². The Morgan fingerprint density at radius 2 is 2.36 bits per heavy atom. The molecule has 2 N–H and O–H groups in total. The predicted molar refractivity (Wildman–Crippen MR) is 53.0 cm³/mol. The topological polar surface area (TPSA) is 62.0 Å². The van der Waals surface area contributed by atoms with Crippen LogP contribution in [-0.2, 0) is 0 Å². The highest BCUT2D eigenvalue weighted by Gasteiger charge is 2.08. The largest absolute Gasteiger partial charge is 0.341 e. The van der Waals surface area contributed by atoms with Gasteiger partial charge in [-0.3, -0.25) is 9.59 Å². The molecule has 0 saturated carbocycles. The maximum atomic E-state index is 11.3. The van der Waals surface area contributed by atoms with Crippen molar-refractivity contribution in [1.29, 1.82) is 0 Å². The first-order chi connectivity index (χ1) is 6.65. The second kappa shape index (κ2) is 4.28. The number of nitrogens with one attached hydrogen (secondary N) is 2. The average Bonchev–Trinajstić information content (AvgIpc) is 2.14. The second-order valence-corrected chi connectivity index (χ2v) is 2.77. The molecule has 4 heteroatoms. The SMILES string of the molecule is C#CCNC(=O)c1ccc(C)[nH]c1=O. The number of aromatic amines is 1. The molecule has 0 radical (unpaired) electrons. The van der Waals surface area contributed by atoms with Crippen molar-refractivity contribution < 1.29 is 4.79 Å². The molecule has 72 valence electrons. The van der Waals surface area contributed by atoms with Crippen LogP contribution in [0, 0.1) is 19.3 Å². The third kappa shape index (κ3) is 2.23. The summed E-state index contributed by atoms with van der Waals surface area (Å²) >= 11 is 0. The first-order valence-electron chi connectivity index (χ1n) is 4.06. The first kappa shape index (κ1) is 10.1. The van der Waals surface area contributed by atoms with Gasteiger partial charge in [0.15, 0.2) is 0 Å². The third-order valence-electron chi connectivity index (χ3n) is 1.65. The van der Waals surface area contributed by atoms with E-state index in [1.807, 2.05) is 0 Å². The molecule has 0 unspecified atom stereocenters. The lowest BCUT2D eigenvalue weighted by Crippen LogP contribution is -2.29. The highest BCUT2D eigenvalue weighted by atomic mass is 16.2. The number of rotatable bonds is 2. The third-order valence-corrected chi connectivity index (χ3v) is 1.65. The Balaban J connectivity index is 2.92. The van der Waals surface area contributed by atoms with Crippen LogP contribution in [0.1, 0.15) is 16.1 Å². The number of carbonyl (C=O) groups is 1. The highest BCUT2D eigenvalue weighted by Crippen LogP contribution is 1.92. The van der Waals surface area contributed by atoms with Crippen LogP contribution in [0.25, 0.3) is 0 Å². The summed E-state index contributed by atoms with van der Waals surface area (Å²) in [6, 6.07) is 3.13. The van der Waals surface area contributed by atoms with E-state index in [4.69, 9.17) is 6.42 Å². The fourth-order valence-electron chi connectivity index (χ4n) is 0.977. The molecule has 1 heterocycles. The normalized spacial score (nSPS) is 9.14. The van der Waals surface area contributed by atoms with Gasteiger partial charge in [-0.1, -0.05) is 5.92 Å². The summed E-state index contributed by atoms with van der Waals surface area (Å²) in [7, 11) is 0. The Bertz CT molecular complexity index is 440. The summed E-state index contributed by atoms with van der Waals surface area (Å²) in [4.78, 5) is 25.1. The molecule has 1 aromatic rings. The van der Waals surface area contributed by atoms with Crippen molar-refractivity contribution >= 4 is 5.91 Å². The van der Waals surface area contributed by atoms with Crippen LogP contribution in [0.5, 0.6) is 0 Å². The Morgan fingerprint density at radius 3 is 2.93 bits per heavy atom. The zero-order valence-electron chi connectivity index (χ0n) is 7.76. The smallest absolute Gasteiger partial charge is 0.260 e. The van der Waals surface area contributed by atoms with E-state index in [2.05, 4.69) is 16.2 Å². The molecule has 0 aliphatic carbocycles. The van der Waals surface area contributed by atoms with Crippen molar-refractivity contribution in [1.82, 2.24) is 10.3 Å². The van der Waals surface area contributed by atoms with Crippen molar-refractivity contribution in [2.75, 3.05) is 6.54 Å². The molecule has 0 aliphatic rings. The summed E-state index contributed by atoms with van der Waals surface area (Å²) in [5, 5.41) is 2.41. The van der Waals surface area contributed by atoms with Gasteiger partial charge in [-0.05, 0) is 19.1 Å². The molecule has 0 bridgehead atoms. The van der Waals surface area contributed by atoms with E-state index in [1.54, 1.807) is 13.0 Å². The summed E-state index contributed by atoms with van der Waals surface area (Å²) in [5.74, 6) is 1.80. The molecule has 0 aromatic carbocycles. The molecular formula is C10H10N2O2. The standard InChI is InChI=1S/C10H10N2O2/c1-3-6-11-9(13)8-5-4-7(2)12-10(8)14/h1,4-5H,6H2,2H3,(H,11,13)(H,12,14). The lowest BCUT2D eigenvalue weighted by molar-refractivity contribution is 0.0957. The molecule has 4 nitrogen and oxygen atoms in total. The summed E-state index contributed by atoms with van der Waals surface area (Å²) in [6.07, 6.45) is 4.97. The number of aryl methyl sites for hydroxylation is 1. The predicted octanol–water partition coefficient (Wildman–Crippen LogP) is 0.0463. The molecule has 0 atom stereocenters. The molecule has 0 fully saturated rings. The van der Waals surface area contributed by atoms with Gasteiger partial charge in [-0.15, -0.1) is 6.42 Å². The quantitative estimate of drug-likeness (QED) is 0.647. The zero-order chi connectivity index (χ0) is 10.6. The number of aromatic nitrogens is 1. The molecule has 0 saturated heterocycles. The summed E-state index contributed by atoms with van der Waals surface area (Å²) in [5.41, 5.74) is 0.383. The molecule has 1 rings (SSSR count). The van der Waals surface area contributed by atoms with Crippen molar-refractivity contribution in [2.24, 2.45) is 0 Å². The van der Waals surface area contributed by atoms with E-state index in [1.165, 1.54) is 6.07 Å². The van der Waals surface area contributed by atoms with Crippen molar-refractivity contribution in [3.05, 3.63) is 33.7 Å². The fraction of sp³-hybridized carbons (Fsp3) is 0.200. The first-order valence-corrected chi connectivity index (χ1v) is 4.06. The Kier molecular flexibility index (Phi) is 3.08. The van der Waals surface area contributed by atoms with Crippen LogP contribution in [0.2, 0.25) is 0 Å². The minimum Gasteiger partial charge on any atom is -0.341 e. The number of pyridine rings is 1. The van der Waals surface area contributed by atoms with Gasteiger partial charge in [0.1, 0.15) is 5.56 Å². The van der Waals surface area contributed by atoms with E-state index in [0.29, 0.717) is 5.69 Å². The Hall–Kier alpha value is -2.02. The minimum absolute atomic E-state index is 0.0749. The van der Waals surface area contributed by atoms with Gasteiger partial charge in [0, 0.05) is 5.69 Å². The van der Waals surface area contributed by atoms with Crippen LogP contribution in [-0.4, -0.2) is 17.4 Å². The number of carbonyl (C=O) groups excluding carboxylic acids is 1. The van der Waals surface area contributed by atoms with Gasteiger partial charge in [0.25, 0.3) is 11.5 Å². The van der Waals surface area contributed by atoms with Gasteiger partial charge in [-0.2, -0.15) is 0 Å². The number of hydrogen-bond acceptors (Lipinski definition) is 2. The van der Waals surface area contributed by atoms with Gasteiger partial charge in [0.05, 0.1) is 6.54 Å². The lowest BCUT2D eigenvalue weighted by atomic mass is 10.2. The van der Waals surface area contributed by atoms with Crippen LogP contribution in [0.15, 0.2) is 16.9 Å². The minimum atomic E-state index is -0.454. The second-order valence-electron chi connectivity index (χ2n) is 2.77. The van der Waals surface area contributed by atoms with Crippen LogP contribution in [0.4, 0.5) is 0 Å². The Morgan fingerprint density at radius 1 is 1.64 bits per heavy atom. The Labute approximate surface area is 81.3 Å². The van der Waals surface area contributed by atoms with Gasteiger partial charge in [-0.25, -0.2) is 0 Å². The van der Waals surface area contributed by atoms with E-state index in [9.17, 15) is 9.59 Å². The summed E-state index contributed by atoms with van der Waals surface area (Å²) in [6.45, 7) is 1.86. The number of H-pyrrole nitrogens is 1. The van der Waals surface area contributed by atoms with Crippen LogP contribution < -0.4 is 10.9 Å². The van der Waals surface area contributed by atoms with Gasteiger partial charge in [0.2, 0.25) is 0 Å². The highest BCUT2D eigenvalue weighted by molar-refractivity contribution is 5.93. The van der Waals surface area contributed by atoms with E-state index in [-0.39, 0.29) is 12.1 Å². The molecule has 1 aromatic heterocycles. The maximum Gasteiger partial charge on any atom is 0.260 e. The summed E-state index contributed by atoms with van der Waals surface area (Å²) < 4.78 is 0. The van der Waals surface area contributed by atoms with Crippen LogP contribution >= 0.6 is 0 Å².